The van der Waals surface area contributed by atoms with Crippen molar-refractivity contribution in [2.45, 2.75) is 0 Å². The van der Waals surface area contributed by atoms with Gasteiger partial charge in [0.25, 0.3) is 5.91 Å². The smallest absolute Gasteiger partial charge is 0.276 e. The fraction of sp³-hybridized carbons (Fsp3) is 0.400. The van der Waals surface area contributed by atoms with E-state index in [9.17, 15) is 4.79 Å². The van der Waals surface area contributed by atoms with Crippen LogP contribution in [0, 0.1) is 0 Å². The van der Waals surface area contributed by atoms with Crippen LogP contribution < -0.4 is 4.90 Å². The van der Waals surface area contributed by atoms with E-state index in [2.05, 4.69) is 25.3 Å². The molecule has 1 aliphatic rings. The minimum absolute atomic E-state index is 0.0671. The minimum atomic E-state index is -0.0671. The number of piperazine rings is 1. The van der Waals surface area contributed by atoms with Crippen molar-refractivity contribution in [3.05, 3.63) is 23.5 Å². The zero-order valence-electron chi connectivity index (χ0n) is 9.61. The Balaban J connectivity index is 1.62. The predicted octanol–water partition coefficient (Wildman–Crippen LogP) is 0.224. The Kier molecular flexibility index (Phi) is 2.93. The van der Waals surface area contributed by atoms with Crippen LogP contribution in [-0.4, -0.2) is 57.4 Å². The zero-order chi connectivity index (χ0) is 12.4. The first-order valence-electron chi connectivity index (χ1n) is 5.64. The fourth-order valence-corrected chi connectivity index (χ4v) is 2.64. The Morgan fingerprint density at radius 2 is 2.17 bits per heavy atom. The number of hydrogen-bond acceptors (Lipinski definition) is 6. The van der Waals surface area contributed by atoms with Crippen LogP contribution >= 0.6 is 11.3 Å². The number of amides is 1. The highest BCUT2D eigenvalue weighted by Crippen LogP contribution is 2.19. The van der Waals surface area contributed by atoms with Gasteiger partial charge in [-0.15, -0.1) is 11.3 Å². The molecular weight excluding hydrogens is 252 g/mol. The number of nitrogens with zero attached hydrogens (tertiary/aromatic N) is 5. The van der Waals surface area contributed by atoms with Gasteiger partial charge < -0.3 is 9.80 Å². The summed E-state index contributed by atoms with van der Waals surface area (Å²) in [5.74, 6) is -0.0671. The van der Waals surface area contributed by atoms with Crippen LogP contribution in [0.5, 0.6) is 0 Å². The summed E-state index contributed by atoms with van der Waals surface area (Å²) in [4.78, 5) is 20.3. The van der Waals surface area contributed by atoms with Crippen molar-refractivity contribution in [2.75, 3.05) is 31.1 Å². The molecule has 0 spiro atoms. The van der Waals surface area contributed by atoms with Crippen molar-refractivity contribution < 1.29 is 4.79 Å². The molecule has 2 aromatic rings. The van der Waals surface area contributed by atoms with Crippen LogP contribution in [0.2, 0.25) is 0 Å². The lowest BCUT2D eigenvalue weighted by Crippen LogP contribution is -2.48. The van der Waals surface area contributed by atoms with E-state index >= 15 is 0 Å². The van der Waals surface area contributed by atoms with Crippen molar-refractivity contribution in [3.63, 3.8) is 0 Å². The Morgan fingerprint density at radius 1 is 1.33 bits per heavy atom. The summed E-state index contributed by atoms with van der Waals surface area (Å²) in [6.45, 7) is 2.98. The first-order chi connectivity index (χ1) is 8.84. The molecule has 0 unspecified atom stereocenters. The largest absolute Gasteiger partial charge is 0.345 e. The molecule has 8 heteroatoms. The molecule has 0 saturated carbocycles. The number of hydrogen-bond donors (Lipinski definition) is 1. The Hall–Kier alpha value is -1.96. The number of aromatic amines is 1. The van der Waals surface area contributed by atoms with E-state index in [-0.39, 0.29) is 5.91 Å². The highest BCUT2D eigenvalue weighted by molar-refractivity contribution is 7.13. The number of carbonyl (C=O) groups is 1. The summed E-state index contributed by atoms with van der Waals surface area (Å²) in [6, 6.07) is 0. The number of H-pyrrole nitrogens is 1. The molecule has 1 aliphatic heterocycles. The third kappa shape index (κ3) is 2.06. The summed E-state index contributed by atoms with van der Waals surface area (Å²) in [5, 5.41) is 12.9. The van der Waals surface area contributed by atoms with Crippen molar-refractivity contribution in [2.24, 2.45) is 0 Å². The van der Waals surface area contributed by atoms with Crippen LogP contribution in [0.1, 0.15) is 10.5 Å². The third-order valence-electron chi connectivity index (χ3n) is 2.89. The van der Waals surface area contributed by atoms with Gasteiger partial charge in [0.05, 0.1) is 6.20 Å². The Labute approximate surface area is 107 Å². The molecule has 1 fully saturated rings. The lowest BCUT2D eigenvalue weighted by Gasteiger charge is -2.34. The van der Waals surface area contributed by atoms with Crippen molar-refractivity contribution in [1.29, 1.82) is 0 Å². The van der Waals surface area contributed by atoms with E-state index in [1.807, 2.05) is 5.38 Å². The second-order valence-electron chi connectivity index (χ2n) is 3.95. The SMILES string of the molecule is O=C(c1cn[nH]n1)N1CCN(c2nccs2)CC1. The molecule has 0 atom stereocenters. The molecule has 2 aromatic heterocycles. The molecule has 0 bridgehead atoms. The third-order valence-corrected chi connectivity index (χ3v) is 3.72. The summed E-state index contributed by atoms with van der Waals surface area (Å²) in [6.07, 6.45) is 3.25. The average Bonchev–Trinajstić information content (AvgIpc) is 3.11. The van der Waals surface area contributed by atoms with E-state index in [0.717, 1.165) is 18.2 Å². The van der Waals surface area contributed by atoms with Gasteiger partial charge in [0.2, 0.25) is 0 Å². The predicted molar refractivity (Wildman–Crippen MR) is 66.6 cm³/mol. The molecule has 0 aliphatic carbocycles. The fourth-order valence-electron chi connectivity index (χ4n) is 1.94. The Morgan fingerprint density at radius 3 is 2.78 bits per heavy atom. The van der Waals surface area contributed by atoms with Gasteiger partial charge in [0.15, 0.2) is 10.8 Å². The van der Waals surface area contributed by atoms with Gasteiger partial charge in [-0.25, -0.2) is 4.98 Å². The molecule has 18 heavy (non-hydrogen) atoms. The minimum Gasteiger partial charge on any atom is -0.345 e. The molecule has 1 amide bonds. The standard InChI is InChI=1S/C10H12N6OS/c17-9(8-7-12-14-13-8)15-2-4-16(5-3-15)10-11-1-6-18-10/h1,6-7H,2-5H2,(H,12,13,14). The molecule has 0 radical (unpaired) electrons. The topological polar surface area (TPSA) is 78.0 Å². The van der Waals surface area contributed by atoms with E-state index < -0.39 is 0 Å². The maximum atomic E-state index is 12.0. The molecule has 0 aromatic carbocycles. The molecule has 3 heterocycles. The van der Waals surface area contributed by atoms with E-state index in [1.165, 1.54) is 6.20 Å². The van der Waals surface area contributed by atoms with E-state index in [1.54, 1.807) is 22.4 Å². The molecular formula is C10H12N6OS. The van der Waals surface area contributed by atoms with Crippen LogP contribution in [0.3, 0.4) is 0 Å². The number of carbonyl (C=O) groups excluding carboxylic acids is 1. The number of thiazole rings is 1. The highest BCUT2D eigenvalue weighted by Gasteiger charge is 2.24. The summed E-state index contributed by atoms with van der Waals surface area (Å²) >= 11 is 1.62. The second-order valence-corrected chi connectivity index (χ2v) is 4.82. The molecule has 94 valence electrons. The van der Waals surface area contributed by atoms with Gasteiger partial charge in [0, 0.05) is 37.8 Å². The van der Waals surface area contributed by atoms with Gasteiger partial charge in [-0.1, -0.05) is 0 Å². The molecule has 1 saturated heterocycles. The maximum absolute atomic E-state index is 12.0. The lowest BCUT2D eigenvalue weighted by atomic mass is 10.3. The number of aromatic nitrogens is 4. The van der Waals surface area contributed by atoms with E-state index in [0.29, 0.717) is 18.8 Å². The normalized spacial score (nSPS) is 16.0. The first kappa shape index (κ1) is 11.1. The van der Waals surface area contributed by atoms with Crippen molar-refractivity contribution in [3.8, 4) is 0 Å². The van der Waals surface area contributed by atoms with E-state index in [4.69, 9.17) is 0 Å². The van der Waals surface area contributed by atoms with Gasteiger partial charge in [-0.05, 0) is 0 Å². The van der Waals surface area contributed by atoms with Crippen molar-refractivity contribution >= 4 is 22.4 Å². The average molecular weight is 264 g/mol. The summed E-state index contributed by atoms with van der Waals surface area (Å²) in [7, 11) is 0. The molecule has 1 N–H and O–H groups in total. The highest BCUT2D eigenvalue weighted by atomic mass is 32.1. The monoisotopic (exact) mass is 264 g/mol. The quantitative estimate of drug-likeness (QED) is 0.839. The number of anilines is 1. The van der Waals surface area contributed by atoms with Crippen LogP contribution in [0.25, 0.3) is 0 Å². The Bertz CT molecular complexity index is 502. The second kappa shape index (κ2) is 4.73. The number of nitrogens with one attached hydrogen (secondary N) is 1. The lowest BCUT2D eigenvalue weighted by molar-refractivity contribution is 0.0741. The summed E-state index contributed by atoms with van der Waals surface area (Å²) in [5.41, 5.74) is 0.373. The van der Waals surface area contributed by atoms with Crippen LogP contribution in [0.15, 0.2) is 17.8 Å². The first-order valence-corrected chi connectivity index (χ1v) is 6.52. The van der Waals surface area contributed by atoms with Crippen LogP contribution in [0.4, 0.5) is 5.13 Å². The summed E-state index contributed by atoms with van der Waals surface area (Å²) < 4.78 is 0. The van der Waals surface area contributed by atoms with Gasteiger partial charge in [-0.2, -0.15) is 15.4 Å². The van der Waals surface area contributed by atoms with Gasteiger partial charge >= 0.3 is 0 Å². The molecule has 3 rings (SSSR count). The zero-order valence-corrected chi connectivity index (χ0v) is 10.4. The van der Waals surface area contributed by atoms with Gasteiger partial charge in [-0.3, -0.25) is 4.79 Å². The van der Waals surface area contributed by atoms with Crippen molar-refractivity contribution in [1.82, 2.24) is 25.3 Å². The maximum Gasteiger partial charge on any atom is 0.276 e. The molecule has 7 nitrogen and oxygen atoms in total. The number of rotatable bonds is 2. The van der Waals surface area contributed by atoms with Gasteiger partial charge in [0.1, 0.15) is 0 Å². The van der Waals surface area contributed by atoms with Crippen LogP contribution in [-0.2, 0) is 0 Å².